The molecule has 0 unspecified atom stereocenters. The quantitative estimate of drug-likeness (QED) is 0.198. The molecule has 43 heavy (non-hydrogen) atoms. The first-order valence-corrected chi connectivity index (χ1v) is 14.2. The molecule has 0 saturated carbocycles. The van der Waals surface area contributed by atoms with E-state index in [4.69, 9.17) is 12.6 Å². The molecule has 1 heterocycles. The summed E-state index contributed by atoms with van der Waals surface area (Å²) in [6.45, 7) is 0. The van der Waals surface area contributed by atoms with Gasteiger partial charge in [0.15, 0.2) is 0 Å². The van der Waals surface area contributed by atoms with E-state index < -0.39 is 12.1 Å². The lowest BCUT2D eigenvalue weighted by Gasteiger charge is -2.19. The Morgan fingerprint density at radius 3 is 1.81 bits per heavy atom. The summed E-state index contributed by atoms with van der Waals surface area (Å²) in [6.07, 6.45) is 0. The zero-order chi connectivity index (χ0) is 34.4. The van der Waals surface area contributed by atoms with Gasteiger partial charge in [-0.15, -0.1) is 0 Å². The van der Waals surface area contributed by atoms with Crippen LogP contribution in [0, 0.1) is 0 Å². The predicted octanol–water partition coefficient (Wildman–Crippen LogP) is 12.0. The van der Waals surface area contributed by atoms with E-state index in [1.807, 2.05) is 78.9 Å². The number of hydrogen-bond donors (Lipinski definition) is 0. The third kappa shape index (κ3) is 3.65. The van der Waals surface area contributed by atoms with Gasteiger partial charge in [-0.3, -0.25) is 0 Å². The van der Waals surface area contributed by atoms with Crippen LogP contribution in [0.1, 0.15) is 9.60 Å². The van der Waals surface area contributed by atoms with Crippen LogP contribution in [0.2, 0.25) is 0 Å². The number of furan rings is 1. The lowest BCUT2D eigenvalue weighted by molar-refractivity contribution is 0.669. The Kier molecular flexibility index (Phi) is 3.95. The highest BCUT2D eigenvalue weighted by Gasteiger charge is 2.21. The van der Waals surface area contributed by atoms with E-state index >= 15 is 0 Å². The van der Waals surface area contributed by atoms with E-state index in [2.05, 4.69) is 36.4 Å². The van der Waals surface area contributed by atoms with Gasteiger partial charge in [-0.1, -0.05) is 139 Å². The summed E-state index contributed by atoms with van der Waals surface area (Å²) in [4.78, 5) is 0. The second-order valence-corrected chi connectivity index (χ2v) is 10.7. The van der Waals surface area contributed by atoms with E-state index in [1.54, 1.807) is 0 Å². The smallest absolute Gasteiger partial charge is 0.136 e. The summed E-state index contributed by atoms with van der Waals surface area (Å²) < 4.78 is 67.6. The summed E-state index contributed by atoms with van der Waals surface area (Å²) in [5.41, 5.74) is 6.41. The van der Waals surface area contributed by atoms with Gasteiger partial charge in [0, 0.05) is 10.8 Å². The van der Waals surface area contributed by atoms with Gasteiger partial charge in [0.05, 0.1) is 9.60 Å². The van der Waals surface area contributed by atoms with Crippen molar-refractivity contribution in [3.63, 3.8) is 0 Å². The highest BCUT2D eigenvalue weighted by molar-refractivity contribution is 6.27. The predicted molar refractivity (Wildman–Crippen MR) is 183 cm³/mol. The van der Waals surface area contributed by atoms with Gasteiger partial charge in [-0.25, -0.2) is 0 Å². The highest BCUT2D eigenvalue weighted by Crippen LogP contribution is 2.48. The maximum Gasteiger partial charge on any atom is 0.136 e. The lowest BCUT2D eigenvalue weighted by atomic mass is 9.84. The number of hydrogen-bond acceptors (Lipinski definition) is 1. The van der Waals surface area contributed by atoms with E-state index in [0.717, 1.165) is 65.7 Å². The molecule has 0 fully saturated rings. The number of benzene rings is 8. The minimum Gasteiger partial charge on any atom is -0.456 e. The standard InChI is InChI=1S/C42H26O/c1-2-12-27(13-3-1)29-24-25-36-39(26-29)43-38-23-11-22-37(42(36)38)41-34-19-8-6-17-32(34)40(33-18-7-9-20-35(33)41)31-21-10-15-28-14-4-5-16-30(28)31/h1-26H/i4D,5D,10D,14D,15D,16D,21D. The summed E-state index contributed by atoms with van der Waals surface area (Å²) in [6, 6.07) is 35.5. The second-order valence-electron chi connectivity index (χ2n) is 10.7. The number of rotatable bonds is 3. The van der Waals surface area contributed by atoms with E-state index in [0.29, 0.717) is 5.56 Å². The third-order valence-electron chi connectivity index (χ3n) is 8.37. The van der Waals surface area contributed by atoms with Crippen LogP contribution in [-0.4, -0.2) is 0 Å². The van der Waals surface area contributed by atoms with Crippen molar-refractivity contribution in [2.24, 2.45) is 0 Å². The van der Waals surface area contributed by atoms with Crippen molar-refractivity contribution >= 4 is 54.3 Å². The minimum atomic E-state index is -0.472. The molecule has 0 N–H and O–H groups in total. The van der Waals surface area contributed by atoms with Crippen LogP contribution in [0.25, 0.3) is 87.6 Å². The Hall–Kier alpha value is -5.66. The van der Waals surface area contributed by atoms with Crippen LogP contribution in [0.15, 0.2) is 162 Å². The molecule has 0 aliphatic rings. The van der Waals surface area contributed by atoms with Gasteiger partial charge in [-0.2, -0.15) is 0 Å². The van der Waals surface area contributed by atoms with Crippen molar-refractivity contribution in [2.45, 2.75) is 0 Å². The molecular formula is C42H26O. The van der Waals surface area contributed by atoms with Gasteiger partial charge in [0.1, 0.15) is 11.2 Å². The van der Waals surface area contributed by atoms with Crippen LogP contribution in [-0.2, 0) is 0 Å². The van der Waals surface area contributed by atoms with E-state index in [9.17, 15) is 1.37 Å². The molecule has 9 aromatic rings. The lowest BCUT2D eigenvalue weighted by Crippen LogP contribution is -1.92. The Bertz CT molecular complexity index is 2830. The Morgan fingerprint density at radius 1 is 0.419 bits per heavy atom. The minimum absolute atomic E-state index is 0.0613. The van der Waals surface area contributed by atoms with Crippen molar-refractivity contribution in [3.8, 4) is 33.4 Å². The first-order valence-electron chi connectivity index (χ1n) is 17.7. The van der Waals surface area contributed by atoms with Crippen LogP contribution < -0.4 is 0 Å². The van der Waals surface area contributed by atoms with Gasteiger partial charge < -0.3 is 4.42 Å². The van der Waals surface area contributed by atoms with Crippen LogP contribution in [0.3, 0.4) is 0 Å². The molecule has 1 heteroatoms. The molecular weight excluding hydrogens is 520 g/mol. The first kappa shape index (κ1) is 18.0. The normalized spacial score (nSPS) is 14.0. The Morgan fingerprint density at radius 2 is 1.07 bits per heavy atom. The molecule has 8 aromatic carbocycles. The molecule has 1 nitrogen and oxygen atoms in total. The fourth-order valence-corrected chi connectivity index (χ4v) is 6.53. The molecule has 1 aromatic heterocycles. The first-order chi connectivity index (χ1) is 24.3. The number of fused-ring (bicyclic) bond motifs is 6. The maximum absolute atomic E-state index is 9.20. The van der Waals surface area contributed by atoms with Gasteiger partial charge in [-0.05, 0) is 83.9 Å². The average Bonchev–Trinajstić information content (AvgIpc) is 3.53. The third-order valence-corrected chi connectivity index (χ3v) is 8.37. The molecule has 0 spiro atoms. The van der Waals surface area contributed by atoms with Crippen molar-refractivity contribution in [3.05, 3.63) is 158 Å². The monoisotopic (exact) mass is 553 g/mol. The van der Waals surface area contributed by atoms with Crippen LogP contribution in [0.5, 0.6) is 0 Å². The van der Waals surface area contributed by atoms with Crippen LogP contribution in [0.4, 0.5) is 0 Å². The summed E-state index contributed by atoms with van der Waals surface area (Å²) in [7, 11) is 0. The van der Waals surface area contributed by atoms with Crippen molar-refractivity contribution < 1.29 is 14.0 Å². The largest absolute Gasteiger partial charge is 0.456 e. The maximum atomic E-state index is 9.20. The molecule has 0 amide bonds. The van der Waals surface area contributed by atoms with E-state index in [1.165, 1.54) is 0 Å². The van der Waals surface area contributed by atoms with Gasteiger partial charge >= 0.3 is 0 Å². The fraction of sp³-hybridized carbons (Fsp3) is 0. The zero-order valence-corrected chi connectivity index (χ0v) is 22.9. The molecule has 0 atom stereocenters. The Labute approximate surface area is 259 Å². The Balaban J connectivity index is 1.43. The summed E-state index contributed by atoms with van der Waals surface area (Å²) in [5.74, 6) is 0. The molecule has 0 bridgehead atoms. The average molecular weight is 554 g/mol. The second kappa shape index (κ2) is 9.44. The summed E-state index contributed by atoms with van der Waals surface area (Å²) in [5, 5.41) is 5.23. The zero-order valence-electron chi connectivity index (χ0n) is 29.9. The van der Waals surface area contributed by atoms with Gasteiger partial charge in [0.25, 0.3) is 0 Å². The molecule has 0 aliphatic carbocycles. The van der Waals surface area contributed by atoms with Crippen LogP contribution >= 0.6 is 0 Å². The highest BCUT2D eigenvalue weighted by atomic mass is 16.3. The molecule has 0 saturated heterocycles. The SMILES string of the molecule is [2H]c1c([2H])c([2H])c2c(-c3c4ccccc4c(-c4cccc5oc6cc(-c7ccccc7)ccc6c45)c4ccccc34)c([2H])c([2H])c([2H])c2c1[2H]. The fourth-order valence-electron chi connectivity index (χ4n) is 6.53. The van der Waals surface area contributed by atoms with Gasteiger partial charge in [0.2, 0.25) is 0 Å². The van der Waals surface area contributed by atoms with Crippen molar-refractivity contribution in [1.29, 1.82) is 0 Å². The topological polar surface area (TPSA) is 13.1 Å². The molecule has 200 valence electrons. The van der Waals surface area contributed by atoms with Crippen molar-refractivity contribution in [2.75, 3.05) is 0 Å². The van der Waals surface area contributed by atoms with Crippen molar-refractivity contribution in [1.82, 2.24) is 0 Å². The molecule has 0 radical (unpaired) electrons. The summed E-state index contributed by atoms with van der Waals surface area (Å²) >= 11 is 0. The molecule has 0 aliphatic heterocycles. The molecule has 9 rings (SSSR count). The van der Waals surface area contributed by atoms with E-state index in [-0.39, 0.29) is 46.5 Å².